The van der Waals surface area contributed by atoms with Crippen LogP contribution in [0.3, 0.4) is 0 Å². The van der Waals surface area contributed by atoms with Crippen LogP contribution in [-0.2, 0) is 0 Å². The molecule has 0 spiro atoms. The van der Waals surface area contributed by atoms with Gasteiger partial charge in [0.2, 0.25) is 0 Å². The lowest BCUT2D eigenvalue weighted by Gasteiger charge is -2.02. The topological polar surface area (TPSA) is 51.6 Å². The maximum absolute atomic E-state index is 5.39. The third-order valence-electron chi connectivity index (χ3n) is 3.27. The summed E-state index contributed by atoms with van der Waals surface area (Å²) < 4.78 is 0. The van der Waals surface area contributed by atoms with Gasteiger partial charge in [-0.1, -0.05) is 77.6 Å². The van der Waals surface area contributed by atoms with E-state index in [0.717, 1.165) is 5.75 Å². The lowest BCUT2D eigenvalue weighted by Crippen LogP contribution is -2.43. The van der Waals surface area contributed by atoms with E-state index in [0.29, 0.717) is 5.17 Å². The van der Waals surface area contributed by atoms with Crippen LogP contribution < -0.4 is 11.1 Å². The van der Waals surface area contributed by atoms with Gasteiger partial charge in [0.25, 0.3) is 5.17 Å². The molecular weight excluding hydrogens is 320 g/mol. The van der Waals surface area contributed by atoms with Gasteiger partial charge in [0, 0.05) is 5.75 Å². The first kappa shape index (κ1) is 21.6. The van der Waals surface area contributed by atoms with Crippen molar-refractivity contribution in [1.82, 2.24) is 0 Å². The summed E-state index contributed by atoms with van der Waals surface area (Å²) in [6.07, 6.45) is 16.8. The smallest absolute Gasteiger partial charge is 0.282 e. The van der Waals surface area contributed by atoms with Crippen molar-refractivity contribution in [3.8, 4) is 0 Å². The minimum atomic E-state index is 0. The van der Waals surface area contributed by atoms with Crippen molar-refractivity contribution in [3.05, 3.63) is 0 Å². The summed E-state index contributed by atoms with van der Waals surface area (Å²) in [5, 5.41) is 5.90. The van der Waals surface area contributed by atoms with Crippen molar-refractivity contribution in [2.75, 3.05) is 5.75 Å². The van der Waals surface area contributed by atoms with E-state index < -0.39 is 0 Å². The fraction of sp³-hybridized carbons (Fsp3) is 0.933. The first-order valence-electron chi connectivity index (χ1n) is 7.78. The number of unbranched alkanes of at least 4 members (excludes halogenated alkanes) is 11. The van der Waals surface area contributed by atoms with Crippen molar-refractivity contribution in [1.29, 1.82) is 0 Å². The zero-order chi connectivity index (χ0) is 13.5. The standard InChI is InChI=1S/C15H32N2S.BrH/c1-2-3-4-5-6-7-8-9-10-11-12-13-14-18-15(16)17;/h2-14H2,1H3,(H3,16,17);1H/p+1. The Kier molecular flexibility index (Phi) is 20.8. The van der Waals surface area contributed by atoms with Crippen LogP contribution in [0.4, 0.5) is 0 Å². The third-order valence-corrected chi connectivity index (χ3v) is 4.09. The van der Waals surface area contributed by atoms with Crippen molar-refractivity contribution in [3.63, 3.8) is 0 Å². The van der Waals surface area contributed by atoms with Gasteiger partial charge < -0.3 is 0 Å². The zero-order valence-electron chi connectivity index (χ0n) is 12.7. The van der Waals surface area contributed by atoms with Gasteiger partial charge in [0.15, 0.2) is 0 Å². The van der Waals surface area contributed by atoms with Crippen LogP contribution >= 0.6 is 28.7 Å². The molecule has 4 N–H and O–H groups in total. The fourth-order valence-corrected chi connectivity index (χ4v) is 2.72. The van der Waals surface area contributed by atoms with Gasteiger partial charge >= 0.3 is 0 Å². The largest absolute Gasteiger partial charge is 0.299 e. The van der Waals surface area contributed by atoms with E-state index in [1.807, 2.05) is 0 Å². The number of hydrogen-bond donors (Lipinski definition) is 2. The molecule has 0 aliphatic rings. The first-order valence-corrected chi connectivity index (χ1v) is 8.76. The summed E-state index contributed by atoms with van der Waals surface area (Å²) in [5.74, 6) is 1.08. The van der Waals surface area contributed by atoms with Crippen LogP contribution in [0.5, 0.6) is 0 Å². The van der Waals surface area contributed by atoms with E-state index in [9.17, 15) is 0 Å². The fourth-order valence-electron chi connectivity index (χ4n) is 2.13. The Hall–Kier alpha value is 0.300. The van der Waals surface area contributed by atoms with Crippen LogP contribution in [0.15, 0.2) is 0 Å². The number of rotatable bonds is 13. The highest BCUT2D eigenvalue weighted by Gasteiger charge is 1.96. The average Bonchev–Trinajstić information content (AvgIpc) is 2.34. The molecular formula is C15H34BrN2S+. The predicted molar refractivity (Wildman–Crippen MR) is 95.0 cm³/mol. The second-order valence-electron chi connectivity index (χ2n) is 5.14. The summed E-state index contributed by atoms with van der Waals surface area (Å²) in [4.78, 5) is 0. The molecule has 2 nitrogen and oxygen atoms in total. The monoisotopic (exact) mass is 353 g/mol. The maximum Gasteiger partial charge on any atom is 0.299 e. The maximum atomic E-state index is 5.39. The van der Waals surface area contributed by atoms with Crippen LogP contribution in [0.1, 0.15) is 84.0 Å². The highest BCUT2D eigenvalue weighted by atomic mass is 79.9. The zero-order valence-corrected chi connectivity index (χ0v) is 15.2. The Balaban J connectivity index is 0. The van der Waals surface area contributed by atoms with Crippen molar-refractivity contribution in [2.24, 2.45) is 5.73 Å². The number of nitrogens with two attached hydrogens (primary N) is 2. The summed E-state index contributed by atoms with van der Waals surface area (Å²) in [6, 6.07) is 0. The van der Waals surface area contributed by atoms with E-state index in [2.05, 4.69) is 6.92 Å². The van der Waals surface area contributed by atoms with Gasteiger partial charge in [-0.25, -0.2) is 0 Å². The SMILES string of the molecule is Br.CCCCCCCCCCCCCCSC(N)=[NH2+]. The Morgan fingerprint density at radius 3 is 1.53 bits per heavy atom. The first-order chi connectivity index (χ1) is 8.77. The van der Waals surface area contributed by atoms with Gasteiger partial charge in [-0.05, 0) is 18.2 Å². The molecule has 0 atom stereocenters. The molecule has 0 unspecified atom stereocenters. The summed E-state index contributed by atoms with van der Waals surface area (Å²) in [5.41, 5.74) is 5.39. The lowest BCUT2D eigenvalue weighted by atomic mass is 10.1. The second-order valence-corrected chi connectivity index (χ2v) is 6.31. The highest BCUT2D eigenvalue weighted by molar-refractivity contribution is 8.93. The molecule has 0 rings (SSSR count). The van der Waals surface area contributed by atoms with Crippen molar-refractivity contribution < 1.29 is 5.41 Å². The Bertz CT molecular complexity index is 189. The third kappa shape index (κ3) is 20.8. The van der Waals surface area contributed by atoms with Crippen LogP contribution in [0.25, 0.3) is 0 Å². The van der Waals surface area contributed by atoms with E-state index >= 15 is 0 Å². The molecule has 0 amide bonds. The van der Waals surface area contributed by atoms with Crippen LogP contribution in [-0.4, -0.2) is 10.9 Å². The average molecular weight is 354 g/mol. The number of amidine groups is 1. The summed E-state index contributed by atoms with van der Waals surface area (Å²) in [7, 11) is 0. The van der Waals surface area contributed by atoms with E-state index in [1.54, 1.807) is 11.8 Å². The molecule has 116 valence electrons. The Labute approximate surface area is 135 Å². The molecule has 0 aromatic carbocycles. The molecule has 0 heterocycles. The number of halogens is 1. The van der Waals surface area contributed by atoms with Crippen LogP contribution in [0.2, 0.25) is 0 Å². The molecule has 0 fully saturated rings. The number of thioether (sulfide) groups is 1. The lowest BCUT2D eigenvalue weighted by molar-refractivity contribution is -0.110. The number of hydrogen-bond acceptors (Lipinski definition) is 1. The van der Waals surface area contributed by atoms with Gasteiger partial charge in [-0.15, -0.1) is 17.0 Å². The van der Waals surface area contributed by atoms with Gasteiger partial charge in [0.05, 0.1) is 0 Å². The van der Waals surface area contributed by atoms with Crippen molar-refractivity contribution in [2.45, 2.75) is 84.0 Å². The van der Waals surface area contributed by atoms with Gasteiger partial charge in [0.1, 0.15) is 0 Å². The molecule has 0 saturated heterocycles. The Morgan fingerprint density at radius 2 is 1.16 bits per heavy atom. The molecule has 0 bridgehead atoms. The minimum Gasteiger partial charge on any atom is -0.282 e. The summed E-state index contributed by atoms with van der Waals surface area (Å²) in [6.45, 7) is 2.28. The van der Waals surface area contributed by atoms with Gasteiger partial charge in [-0.3, -0.25) is 11.1 Å². The quantitative estimate of drug-likeness (QED) is 0.298. The predicted octanol–water partition coefficient (Wildman–Crippen LogP) is 4.07. The minimum absolute atomic E-state index is 0. The van der Waals surface area contributed by atoms with Gasteiger partial charge in [-0.2, -0.15) is 0 Å². The molecule has 19 heavy (non-hydrogen) atoms. The molecule has 0 aliphatic heterocycles. The van der Waals surface area contributed by atoms with E-state index in [-0.39, 0.29) is 17.0 Å². The molecule has 0 aliphatic carbocycles. The molecule has 0 radical (unpaired) electrons. The highest BCUT2D eigenvalue weighted by Crippen LogP contribution is 2.12. The second kappa shape index (κ2) is 18.3. The van der Waals surface area contributed by atoms with Crippen molar-refractivity contribution >= 4 is 33.9 Å². The van der Waals surface area contributed by atoms with Crippen LogP contribution in [0, 0.1) is 0 Å². The normalized spacial score (nSPS) is 10.2. The van der Waals surface area contributed by atoms with E-state index in [4.69, 9.17) is 11.1 Å². The summed E-state index contributed by atoms with van der Waals surface area (Å²) >= 11 is 1.58. The van der Waals surface area contributed by atoms with E-state index in [1.165, 1.54) is 77.0 Å². The molecule has 4 heteroatoms. The Morgan fingerprint density at radius 1 is 0.789 bits per heavy atom. The molecule has 0 aromatic rings. The molecule has 0 aromatic heterocycles. The molecule has 0 saturated carbocycles.